The number of benzene rings is 2. The van der Waals surface area contributed by atoms with Crippen LogP contribution in [-0.4, -0.2) is 25.8 Å². The first-order chi connectivity index (χ1) is 16.0. The molecule has 0 saturated carbocycles. The highest BCUT2D eigenvalue weighted by Gasteiger charge is 2.17. The second-order valence-electron chi connectivity index (χ2n) is 7.55. The highest BCUT2D eigenvalue weighted by Crippen LogP contribution is 2.30. The van der Waals surface area contributed by atoms with Crippen molar-refractivity contribution >= 4 is 17.1 Å². The first kappa shape index (κ1) is 21.0. The smallest absolute Gasteiger partial charge is 0.276 e. The number of para-hydroxylation sites is 1. The zero-order valence-electron chi connectivity index (χ0n) is 18.2. The van der Waals surface area contributed by atoms with E-state index in [9.17, 15) is 4.79 Å². The Morgan fingerprint density at radius 3 is 2.67 bits per heavy atom. The van der Waals surface area contributed by atoms with Crippen molar-refractivity contribution in [3.05, 3.63) is 93.8 Å². The van der Waals surface area contributed by atoms with E-state index in [0.29, 0.717) is 45.9 Å². The lowest BCUT2D eigenvalue weighted by molar-refractivity contribution is 0.340. The molecule has 7 nitrogen and oxygen atoms in total. The van der Waals surface area contributed by atoms with Gasteiger partial charge in [0.2, 0.25) is 5.89 Å². The summed E-state index contributed by atoms with van der Waals surface area (Å²) in [6.45, 7) is 4.60. The first-order valence-electron chi connectivity index (χ1n) is 10.6. The van der Waals surface area contributed by atoms with Crippen LogP contribution in [0.4, 0.5) is 0 Å². The third kappa shape index (κ3) is 4.03. The zero-order chi connectivity index (χ0) is 22.9. The summed E-state index contributed by atoms with van der Waals surface area (Å²) in [7, 11) is 0. The SMILES string of the molecule is CCOc1ccccc1-c1nc(Cn2ccn3nc(-c4ccc(Cl)cc4)cc3c2=O)c(C)o1. The highest BCUT2D eigenvalue weighted by atomic mass is 35.5. The van der Waals surface area contributed by atoms with Crippen molar-refractivity contribution in [2.24, 2.45) is 0 Å². The Morgan fingerprint density at radius 2 is 1.88 bits per heavy atom. The van der Waals surface area contributed by atoms with Gasteiger partial charge in [-0.2, -0.15) is 5.10 Å². The highest BCUT2D eigenvalue weighted by molar-refractivity contribution is 6.30. The van der Waals surface area contributed by atoms with Crippen molar-refractivity contribution < 1.29 is 9.15 Å². The number of halogens is 1. The molecule has 0 aliphatic rings. The Hall–Kier alpha value is -3.84. The van der Waals surface area contributed by atoms with Crippen molar-refractivity contribution in [2.45, 2.75) is 20.4 Å². The quantitative estimate of drug-likeness (QED) is 0.347. The Bertz CT molecular complexity index is 1500. The molecular weight excluding hydrogens is 440 g/mol. The van der Waals surface area contributed by atoms with Crippen LogP contribution in [0.2, 0.25) is 5.02 Å². The second-order valence-corrected chi connectivity index (χ2v) is 7.98. The summed E-state index contributed by atoms with van der Waals surface area (Å²) >= 11 is 5.98. The molecule has 33 heavy (non-hydrogen) atoms. The molecule has 0 fully saturated rings. The van der Waals surface area contributed by atoms with Gasteiger partial charge in [-0.1, -0.05) is 35.9 Å². The molecule has 0 atom stereocenters. The summed E-state index contributed by atoms with van der Waals surface area (Å²) in [6, 6.07) is 16.7. The van der Waals surface area contributed by atoms with Crippen LogP contribution in [0.3, 0.4) is 0 Å². The lowest BCUT2D eigenvalue weighted by Crippen LogP contribution is -2.22. The molecular formula is C25H21ClN4O3. The van der Waals surface area contributed by atoms with E-state index in [4.69, 9.17) is 20.8 Å². The molecule has 2 aromatic carbocycles. The van der Waals surface area contributed by atoms with Crippen molar-refractivity contribution in [2.75, 3.05) is 6.61 Å². The molecule has 0 unspecified atom stereocenters. The normalized spacial score (nSPS) is 11.2. The molecule has 5 rings (SSSR count). The summed E-state index contributed by atoms with van der Waals surface area (Å²) in [5, 5.41) is 5.17. The standard InChI is InChI=1S/C25H21ClN4O3/c1-3-32-23-7-5-4-6-19(23)24-27-21(16(2)33-24)15-29-12-13-30-22(25(29)31)14-20(28-30)17-8-10-18(26)11-9-17/h4-14H,3,15H2,1-2H3. The van der Waals surface area contributed by atoms with Gasteiger partial charge in [-0.3, -0.25) is 4.79 Å². The van der Waals surface area contributed by atoms with Gasteiger partial charge in [0.05, 0.1) is 24.4 Å². The minimum absolute atomic E-state index is 0.163. The molecule has 0 bridgehead atoms. The molecule has 0 spiro atoms. The Kier molecular flexibility index (Phi) is 5.48. The largest absolute Gasteiger partial charge is 0.493 e. The minimum atomic E-state index is -0.163. The van der Waals surface area contributed by atoms with Crippen LogP contribution in [0, 0.1) is 6.92 Å². The zero-order valence-corrected chi connectivity index (χ0v) is 18.9. The van der Waals surface area contributed by atoms with Crippen molar-refractivity contribution in [3.63, 3.8) is 0 Å². The van der Waals surface area contributed by atoms with Gasteiger partial charge in [-0.15, -0.1) is 0 Å². The van der Waals surface area contributed by atoms with E-state index in [1.54, 1.807) is 39.7 Å². The lowest BCUT2D eigenvalue weighted by Gasteiger charge is -2.06. The fourth-order valence-corrected chi connectivity index (χ4v) is 3.81. The molecule has 0 aliphatic heterocycles. The van der Waals surface area contributed by atoms with Gasteiger partial charge in [-0.05, 0) is 44.2 Å². The Morgan fingerprint density at radius 1 is 1.09 bits per heavy atom. The summed E-state index contributed by atoms with van der Waals surface area (Å²) < 4.78 is 14.8. The number of hydrogen-bond acceptors (Lipinski definition) is 5. The van der Waals surface area contributed by atoms with Gasteiger partial charge in [0.25, 0.3) is 5.56 Å². The molecule has 8 heteroatoms. The molecule has 0 amide bonds. The number of hydrogen-bond donors (Lipinski definition) is 0. The van der Waals surface area contributed by atoms with E-state index in [1.807, 2.05) is 50.2 Å². The average Bonchev–Trinajstić information content (AvgIpc) is 3.41. The Balaban J connectivity index is 1.48. The van der Waals surface area contributed by atoms with Crippen LogP contribution in [0.25, 0.3) is 28.2 Å². The third-order valence-electron chi connectivity index (χ3n) is 5.37. The maximum Gasteiger partial charge on any atom is 0.276 e. The monoisotopic (exact) mass is 460 g/mol. The first-order valence-corrected chi connectivity index (χ1v) is 10.9. The van der Waals surface area contributed by atoms with Crippen LogP contribution in [-0.2, 0) is 6.54 Å². The van der Waals surface area contributed by atoms with Gasteiger partial charge in [0.1, 0.15) is 22.7 Å². The van der Waals surface area contributed by atoms with Crippen LogP contribution in [0.5, 0.6) is 5.75 Å². The number of aromatic nitrogens is 4. The summed E-state index contributed by atoms with van der Waals surface area (Å²) in [6.07, 6.45) is 3.47. The molecule has 0 N–H and O–H groups in total. The number of oxazole rings is 1. The predicted octanol–water partition coefficient (Wildman–Crippen LogP) is 5.23. The lowest BCUT2D eigenvalue weighted by atomic mass is 10.1. The van der Waals surface area contributed by atoms with E-state index in [-0.39, 0.29) is 12.1 Å². The van der Waals surface area contributed by atoms with Crippen LogP contribution >= 0.6 is 11.6 Å². The topological polar surface area (TPSA) is 74.6 Å². The van der Waals surface area contributed by atoms with Crippen molar-refractivity contribution in [1.82, 2.24) is 19.2 Å². The molecule has 3 aromatic heterocycles. The van der Waals surface area contributed by atoms with E-state index < -0.39 is 0 Å². The maximum atomic E-state index is 13.2. The summed E-state index contributed by atoms with van der Waals surface area (Å²) in [5.74, 6) is 1.83. The van der Waals surface area contributed by atoms with E-state index >= 15 is 0 Å². The van der Waals surface area contributed by atoms with Crippen molar-refractivity contribution in [1.29, 1.82) is 0 Å². The van der Waals surface area contributed by atoms with E-state index in [2.05, 4.69) is 10.1 Å². The van der Waals surface area contributed by atoms with Gasteiger partial charge in [0.15, 0.2) is 0 Å². The minimum Gasteiger partial charge on any atom is -0.493 e. The number of fused-ring (bicyclic) bond motifs is 1. The van der Waals surface area contributed by atoms with E-state index in [1.165, 1.54) is 0 Å². The fourth-order valence-electron chi connectivity index (χ4n) is 3.69. The van der Waals surface area contributed by atoms with Gasteiger partial charge in [-0.25, -0.2) is 9.50 Å². The molecule has 0 radical (unpaired) electrons. The predicted molar refractivity (Wildman–Crippen MR) is 127 cm³/mol. The molecule has 166 valence electrons. The van der Waals surface area contributed by atoms with Gasteiger partial charge < -0.3 is 13.7 Å². The van der Waals surface area contributed by atoms with Crippen LogP contribution < -0.4 is 10.3 Å². The van der Waals surface area contributed by atoms with Crippen molar-refractivity contribution in [3.8, 4) is 28.5 Å². The second kappa shape index (κ2) is 8.60. The van der Waals surface area contributed by atoms with Gasteiger partial charge >= 0.3 is 0 Å². The molecule has 3 heterocycles. The molecule has 0 saturated heterocycles. The number of ether oxygens (including phenoxy) is 1. The number of rotatable bonds is 6. The average molecular weight is 461 g/mol. The fraction of sp³-hybridized carbons (Fsp3) is 0.160. The third-order valence-corrected chi connectivity index (χ3v) is 5.63. The molecule has 5 aromatic rings. The number of aryl methyl sites for hydroxylation is 1. The summed E-state index contributed by atoms with van der Waals surface area (Å²) in [4.78, 5) is 17.8. The summed E-state index contributed by atoms with van der Waals surface area (Å²) in [5.41, 5.74) is 3.36. The van der Waals surface area contributed by atoms with E-state index in [0.717, 1.165) is 11.1 Å². The molecule has 0 aliphatic carbocycles. The Labute approximate surface area is 194 Å². The van der Waals surface area contributed by atoms with Gasteiger partial charge in [0, 0.05) is 23.0 Å². The van der Waals surface area contributed by atoms with Crippen LogP contribution in [0.1, 0.15) is 18.4 Å². The maximum absolute atomic E-state index is 13.2. The number of nitrogens with zero attached hydrogens (tertiary/aromatic N) is 4. The van der Waals surface area contributed by atoms with Crippen LogP contribution in [0.15, 0.2) is 76.2 Å².